The average molecular weight is 524 g/mol. The third-order valence-electron chi connectivity index (χ3n) is 6.95. The lowest BCUT2D eigenvalue weighted by Gasteiger charge is -2.39. The normalized spacial score (nSPS) is 13.4. The van der Waals surface area contributed by atoms with Gasteiger partial charge in [0.25, 0.3) is 5.91 Å². The first-order chi connectivity index (χ1) is 18.4. The second-order valence-electron chi connectivity index (χ2n) is 10.3. The fourth-order valence-electron chi connectivity index (χ4n) is 4.77. The van der Waals surface area contributed by atoms with Crippen molar-refractivity contribution in [2.24, 2.45) is 5.92 Å². The van der Waals surface area contributed by atoms with E-state index in [1.165, 1.54) is 5.56 Å². The number of Topliss-reactive ketones (excluding diaryl/α,β-unsaturated/α-hetero) is 1. The number of carbonyl (C=O) groups is 2. The van der Waals surface area contributed by atoms with Gasteiger partial charge < -0.3 is 4.90 Å². The van der Waals surface area contributed by atoms with E-state index < -0.39 is 0 Å². The zero-order chi connectivity index (χ0) is 26.6. The van der Waals surface area contributed by atoms with E-state index in [1.807, 2.05) is 35.4 Å². The minimum atomic E-state index is -0.0705. The van der Waals surface area contributed by atoms with Crippen molar-refractivity contribution in [3.8, 4) is 11.1 Å². The van der Waals surface area contributed by atoms with Gasteiger partial charge in [-0.25, -0.2) is 0 Å². The van der Waals surface area contributed by atoms with Gasteiger partial charge in [-0.15, -0.1) is 0 Å². The first-order valence-electron chi connectivity index (χ1n) is 12.9. The van der Waals surface area contributed by atoms with E-state index in [0.717, 1.165) is 23.2 Å². The quantitative estimate of drug-likeness (QED) is 0.242. The largest absolute Gasteiger partial charge is 0.337 e. The molecule has 0 atom stereocenters. The van der Waals surface area contributed by atoms with Gasteiger partial charge in [0, 0.05) is 65.9 Å². The number of benzene rings is 2. The third kappa shape index (κ3) is 5.84. The highest BCUT2D eigenvalue weighted by Gasteiger charge is 2.32. The van der Waals surface area contributed by atoms with E-state index in [2.05, 4.69) is 48.1 Å². The Morgan fingerprint density at radius 2 is 1.71 bits per heavy atom. The molecule has 1 aliphatic rings. The number of hydrogen-bond acceptors (Lipinski definition) is 4. The molecular weight excluding hydrogens is 494 g/mol. The third-order valence-corrected chi connectivity index (χ3v) is 7.32. The fourth-order valence-corrected chi connectivity index (χ4v) is 4.95. The fraction of sp³-hybridized carbons (Fsp3) is 0.250. The number of nitrogens with zero attached hydrogens (tertiary/aromatic N) is 3. The van der Waals surface area contributed by atoms with E-state index in [0.29, 0.717) is 46.6 Å². The predicted octanol–water partition coefficient (Wildman–Crippen LogP) is 6.66. The minimum absolute atomic E-state index is 0.0432. The molecular formula is C32H30ClN3O2. The molecule has 1 aliphatic heterocycles. The molecule has 4 aromatic rings. The zero-order valence-corrected chi connectivity index (χ0v) is 22.4. The Morgan fingerprint density at radius 1 is 0.947 bits per heavy atom. The maximum absolute atomic E-state index is 13.2. The predicted molar refractivity (Wildman–Crippen MR) is 151 cm³/mol. The molecule has 1 amide bonds. The number of pyridine rings is 2. The Kier molecular flexibility index (Phi) is 7.66. The lowest BCUT2D eigenvalue weighted by molar-refractivity contribution is 0.0602. The molecule has 38 heavy (non-hydrogen) atoms. The number of carbonyl (C=O) groups excluding carboxylic acids is 2. The number of amides is 1. The van der Waals surface area contributed by atoms with Crippen molar-refractivity contribution in [1.29, 1.82) is 0 Å². The molecule has 0 radical (unpaired) electrons. The van der Waals surface area contributed by atoms with Crippen LogP contribution in [0.2, 0.25) is 5.02 Å². The molecule has 0 spiro atoms. The van der Waals surface area contributed by atoms with Crippen LogP contribution in [0, 0.1) is 5.92 Å². The van der Waals surface area contributed by atoms with Gasteiger partial charge in [0.2, 0.25) is 0 Å². The van der Waals surface area contributed by atoms with Crippen LogP contribution in [0.4, 0.5) is 0 Å². The Labute approximate surface area is 228 Å². The summed E-state index contributed by atoms with van der Waals surface area (Å²) in [5, 5.41) is 0.481. The van der Waals surface area contributed by atoms with Gasteiger partial charge in [-0.1, -0.05) is 55.8 Å². The van der Waals surface area contributed by atoms with Crippen molar-refractivity contribution in [3.05, 3.63) is 118 Å². The summed E-state index contributed by atoms with van der Waals surface area (Å²) in [7, 11) is 0. The van der Waals surface area contributed by atoms with Crippen LogP contribution in [0.1, 0.15) is 57.3 Å². The average Bonchev–Trinajstić information content (AvgIpc) is 2.90. The van der Waals surface area contributed by atoms with Gasteiger partial charge in [0.05, 0.1) is 0 Å². The molecule has 192 valence electrons. The van der Waals surface area contributed by atoms with Gasteiger partial charge in [0.15, 0.2) is 5.78 Å². The number of halogens is 1. The highest BCUT2D eigenvalue weighted by Crippen LogP contribution is 2.31. The Bertz CT molecular complexity index is 1430. The molecule has 0 bridgehead atoms. The van der Waals surface area contributed by atoms with Crippen LogP contribution in [-0.2, 0) is 12.8 Å². The molecule has 0 unspecified atom stereocenters. The first kappa shape index (κ1) is 25.8. The highest BCUT2D eigenvalue weighted by atomic mass is 35.5. The molecule has 5 nitrogen and oxygen atoms in total. The molecule has 0 N–H and O–H groups in total. The second-order valence-corrected chi connectivity index (χ2v) is 10.7. The summed E-state index contributed by atoms with van der Waals surface area (Å²) in [6.45, 7) is 5.60. The van der Waals surface area contributed by atoms with Crippen molar-refractivity contribution < 1.29 is 9.59 Å². The number of likely N-dealkylation sites (tertiary alicyclic amines) is 1. The topological polar surface area (TPSA) is 63.2 Å². The summed E-state index contributed by atoms with van der Waals surface area (Å²) in [5.41, 5.74) is 6.15. The zero-order valence-electron chi connectivity index (χ0n) is 21.6. The van der Waals surface area contributed by atoms with E-state index >= 15 is 0 Å². The minimum Gasteiger partial charge on any atom is -0.337 e. The summed E-state index contributed by atoms with van der Waals surface area (Å²) in [4.78, 5) is 36.5. The van der Waals surface area contributed by atoms with Gasteiger partial charge in [-0.2, -0.15) is 0 Å². The summed E-state index contributed by atoms with van der Waals surface area (Å²) >= 11 is 6.41. The van der Waals surface area contributed by atoms with E-state index in [9.17, 15) is 9.59 Å². The van der Waals surface area contributed by atoms with Crippen molar-refractivity contribution in [2.45, 2.75) is 32.6 Å². The van der Waals surface area contributed by atoms with E-state index in [-0.39, 0.29) is 18.1 Å². The summed E-state index contributed by atoms with van der Waals surface area (Å²) in [5.74, 6) is 0.696. The van der Waals surface area contributed by atoms with Crippen LogP contribution >= 0.6 is 11.6 Å². The van der Waals surface area contributed by atoms with Crippen LogP contribution in [0.15, 0.2) is 85.3 Å². The van der Waals surface area contributed by atoms with Crippen molar-refractivity contribution in [2.75, 3.05) is 13.1 Å². The molecule has 3 heterocycles. The lowest BCUT2D eigenvalue weighted by atomic mass is 9.89. The summed E-state index contributed by atoms with van der Waals surface area (Å²) < 4.78 is 0. The number of rotatable bonds is 8. The Balaban J connectivity index is 1.20. The molecule has 1 fully saturated rings. The van der Waals surface area contributed by atoms with Gasteiger partial charge in [-0.05, 0) is 71.0 Å². The second kappa shape index (κ2) is 11.3. The van der Waals surface area contributed by atoms with Crippen molar-refractivity contribution in [1.82, 2.24) is 14.9 Å². The van der Waals surface area contributed by atoms with Crippen LogP contribution < -0.4 is 0 Å². The van der Waals surface area contributed by atoms with E-state index in [4.69, 9.17) is 11.6 Å². The SMILES string of the molecule is CC(C)Cc1ccc(C(=O)Cc2cc(C(=O)N3CC(c4ccc(-c5cccnc5)cc4)C3)ccc2Cl)cn1. The molecule has 5 rings (SSSR count). The molecule has 2 aromatic carbocycles. The van der Waals surface area contributed by atoms with Crippen LogP contribution in [0.25, 0.3) is 11.1 Å². The first-order valence-corrected chi connectivity index (χ1v) is 13.3. The molecule has 0 aliphatic carbocycles. The smallest absolute Gasteiger partial charge is 0.253 e. The molecule has 6 heteroatoms. The Hall–Kier alpha value is -3.83. The van der Waals surface area contributed by atoms with E-state index in [1.54, 1.807) is 30.6 Å². The summed E-state index contributed by atoms with van der Waals surface area (Å²) in [6, 6.07) is 21.3. The monoisotopic (exact) mass is 523 g/mol. The van der Waals surface area contributed by atoms with Gasteiger partial charge >= 0.3 is 0 Å². The maximum Gasteiger partial charge on any atom is 0.253 e. The van der Waals surface area contributed by atoms with Crippen LogP contribution in [0.5, 0.6) is 0 Å². The Morgan fingerprint density at radius 3 is 2.37 bits per heavy atom. The van der Waals surface area contributed by atoms with Crippen LogP contribution in [-0.4, -0.2) is 39.6 Å². The lowest BCUT2D eigenvalue weighted by Crippen LogP contribution is -2.48. The number of hydrogen-bond donors (Lipinski definition) is 0. The van der Waals surface area contributed by atoms with Crippen molar-refractivity contribution >= 4 is 23.3 Å². The number of ketones is 1. The molecule has 1 saturated heterocycles. The number of aromatic nitrogens is 2. The van der Waals surface area contributed by atoms with Crippen molar-refractivity contribution in [3.63, 3.8) is 0 Å². The van der Waals surface area contributed by atoms with Gasteiger partial charge in [0.1, 0.15) is 0 Å². The van der Waals surface area contributed by atoms with Crippen LogP contribution in [0.3, 0.4) is 0 Å². The molecule has 2 aromatic heterocycles. The highest BCUT2D eigenvalue weighted by molar-refractivity contribution is 6.31. The summed E-state index contributed by atoms with van der Waals surface area (Å²) in [6.07, 6.45) is 6.25. The molecule has 0 saturated carbocycles. The van der Waals surface area contributed by atoms with Gasteiger partial charge in [-0.3, -0.25) is 19.6 Å². The standard InChI is InChI=1S/C32H30ClN3O2/c1-21(2)14-29-11-9-26(18-35-29)31(37)16-27-15-24(10-12-30(27)33)32(38)36-19-28(20-36)23-7-5-22(6-8-23)25-4-3-13-34-17-25/h3-13,15,17-18,21,28H,14,16,19-20H2,1-2H3. The maximum atomic E-state index is 13.2.